The van der Waals surface area contributed by atoms with Gasteiger partial charge in [-0.2, -0.15) is 5.10 Å². The van der Waals surface area contributed by atoms with Gasteiger partial charge in [0.2, 0.25) is 5.43 Å². The van der Waals surface area contributed by atoms with Crippen LogP contribution in [0.4, 0.5) is 4.39 Å². The number of carbonyl (C=O) groups is 1. The molecule has 0 saturated heterocycles. The first kappa shape index (κ1) is 18.3. The van der Waals surface area contributed by atoms with Crippen molar-refractivity contribution in [2.45, 2.75) is 13.5 Å². The number of hydrogen-bond donors (Lipinski definition) is 0. The molecule has 0 aliphatic heterocycles. The minimum absolute atomic E-state index is 0.173. The van der Waals surface area contributed by atoms with Crippen molar-refractivity contribution < 1.29 is 9.18 Å². The van der Waals surface area contributed by atoms with Crippen molar-refractivity contribution in [1.29, 1.82) is 0 Å². The SMILES string of the molecule is Cc1cc(=O)c(C(=O)N(C)Cc2ccc(Cl)s2)nn1-c1ccccc1F. The van der Waals surface area contributed by atoms with E-state index in [1.54, 1.807) is 32.2 Å². The molecule has 2 heterocycles. The van der Waals surface area contributed by atoms with E-state index in [9.17, 15) is 14.0 Å². The van der Waals surface area contributed by atoms with Crippen molar-refractivity contribution in [1.82, 2.24) is 14.7 Å². The number of amides is 1. The van der Waals surface area contributed by atoms with E-state index in [2.05, 4.69) is 5.10 Å². The molecule has 0 spiro atoms. The molecule has 3 aromatic rings. The van der Waals surface area contributed by atoms with Crippen LogP contribution >= 0.6 is 22.9 Å². The van der Waals surface area contributed by atoms with Crippen LogP contribution in [0.2, 0.25) is 4.34 Å². The Morgan fingerprint density at radius 1 is 1.31 bits per heavy atom. The van der Waals surface area contributed by atoms with Gasteiger partial charge in [-0.25, -0.2) is 9.07 Å². The topological polar surface area (TPSA) is 55.2 Å². The molecule has 3 rings (SSSR count). The first-order valence-electron chi connectivity index (χ1n) is 7.72. The molecule has 0 radical (unpaired) electrons. The highest BCUT2D eigenvalue weighted by atomic mass is 35.5. The van der Waals surface area contributed by atoms with Gasteiger partial charge in [0.1, 0.15) is 11.5 Å². The van der Waals surface area contributed by atoms with Crippen LogP contribution in [0.1, 0.15) is 21.1 Å². The predicted molar refractivity (Wildman–Crippen MR) is 99.7 cm³/mol. The molecule has 0 unspecified atom stereocenters. The Kier molecular flexibility index (Phi) is 5.20. The van der Waals surface area contributed by atoms with Crippen LogP contribution in [-0.4, -0.2) is 27.6 Å². The van der Waals surface area contributed by atoms with E-state index in [0.29, 0.717) is 16.6 Å². The molecule has 1 aromatic carbocycles. The Labute approximate surface area is 158 Å². The van der Waals surface area contributed by atoms with Crippen LogP contribution < -0.4 is 5.43 Å². The zero-order valence-electron chi connectivity index (χ0n) is 14.1. The summed E-state index contributed by atoms with van der Waals surface area (Å²) in [4.78, 5) is 27.2. The van der Waals surface area contributed by atoms with Gasteiger partial charge < -0.3 is 4.90 Å². The number of carbonyl (C=O) groups excluding carboxylic acids is 1. The lowest BCUT2D eigenvalue weighted by atomic mass is 10.2. The van der Waals surface area contributed by atoms with Gasteiger partial charge in [-0.15, -0.1) is 11.3 Å². The zero-order chi connectivity index (χ0) is 18.8. The summed E-state index contributed by atoms with van der Waals surface area (Å²) in [6.07, 6.45) is 0. The third kappa shape index (κ3) is 3.68. The molecule has 5 nitrogen and oxygen atoms in total. The monoisotopic (exact) mass is 391 g/mol. The number of thiophene rings is 1. The van der Waals surface area contributed by atoms with Crippen molar-refractivity contribution in [3.8, 4) is 5.69 Å². The molecular weight excluding hydrogens is 377 g/mol. The first-order valence-corrected chi connectivity index (χ1v) is 8.92. The van der Waals surface area contributed by atoms with Crippen molar-refractivity contribution in [3.63, 3.8) is 0 Å². The van der Waals surface area contributed by atoms with Gasteiger partial charge in [0.15, 0.2) is 5.69 Å². The lowest BCUT2D eigenvalue weighted by Crippen LogP contribution is -2.33. The van der Waals surface area contributed by atoms with Crippen LogP contribution in [0.25, 0.3) is 5.69 Å². The van der Waals surface area contributed by atoms with Crippen molar-refractivity contribution in [3.05, 3.63) is 79.1 Å². The van der Waals surface area contributed by atoms with Crippen LogP contribution in [0.3, 0.4) is 0 Å². The average Bonchev–Trinajstić information content (AvgIpc) is 3.00. The fraction of sp³-hybridized carbons (Fsp3) is 0.167. The fourth-order valence-electron chi connectivity index (χ4n) is 2.49. The Balaban J connectivity index is 1.97. The second-order valence-electron chi connectivity index (χ2n) is 5.73. The molecule has 26 heavy (non-hydrogen) atoms. The van der Waals surface area contributed by atoms with E-state index in [1.165, 1.54) is 39.1 Å². The molecule has 134 valence electrons. The van der Waals surface area contributed by atoms with Crippen LogP contribution in [0.15, 0.2) is 47.3 Å². The van der Waals surface area contributed by atoms with Gasteiger partial charge >= 0.3 is 0 Å². The van der Waals surface area contributed by atoms with Gasteiger partial charge in [-0.1, -0.05) is 23.7 Å². The number of halogens is 2. The van der Waals surface area contributed by atoms with E-state index in [4.69, 9.17) is 11.6 Å². The lowest BCUT2D eigenvalue weighted by molar-refractivity contribution is 0.0777. The standard InChI is InChI=1S/C18H15ClFN3O2S/c1-11-9-15(24)17(21-23(11)14-6-4-3-5-13(14)20)18(25)22(2)10-12-7-8-16(19)26-12/h3-9H,10H2,1-2H3. The number of hydrogen-bond acceptors (Lipinski definition) is 4. The number of para-hydroxylation sites is 1. The van der Waals surface area contributed by atoms with Crippen molar-refractivity contribution in [2.24, 2.45) is 0 Å². The number of nitrogens with zero attached hydrogens (tertiary/aromatic N) is 3. The molecule has 0 aliphatic rings. The second-order valence-corrected chi connectivity index (χ2v) is 7.53. The molecule has 1 amide bonds. The highest BCUT2D eigenvalue weighted by Gasteiger charge is 2.20. The van der Waals surface area contributed by atoms with Gasteiger partial charge in [0.05, 0.1) is 10.9 Å². The van der Waals surface area contributed by atoms with Crippen LogP contribution in [0.5, 0.6) is 0 Å². The summed E-state index contributed by atoms with van der Waals surface area (Å²) >= 11 is 7.26. The zero-order valence-corrected chi connectivity index (χ0v) is 15.6. The van der Waals surface area contributed by atoms with E-state index >= 15 is 0 Å². The minimum atomic E-state index is -0.537. The molecule has 2 aromatic heterocycles. The molecule has 0 bridgehead atoms. The largest absolute Gasteiger partial charge is 0.335 e. The normalized spacial score (nSPS) is 10.8. The highest BCUT2D eigenvalue weighted by molar-refractivity contribution is 7.16. The number of rotatable bonds is 4. The minimum Gasteiger partial charge on any atom is -0.335 e. The van der Waals surface area contributed by atoms with E-state index in [0.717, 1.165) is 4.88 Å². The summed E-state index contributed by atoms with van der Waals surface area (Å²) in [5, 5.41) is 4.12. The maximum absolute atomic E-state index is 14.1. The molecule has 0 saturated carbocycles. The molecular formula is C18H15ClFN3O2S. The summed E-state index contributed by atoms with van der Waals surface area (Å²) in [5.74, 6) is -1.03. The molecule has 0 fully saturated rings. The van der Waals surface area contributed by atoms with Crippen molar-refractivity contribution in [2.75, 3.05) is 7.05 Å². The molecule has 0 N–H and O–H groups in total. The fourth-order valence-corrected chi connectivity index (χ4v) is 3.63. The molecule has 0 aliphatic carbocycles. The van der Waals surface area contributed by atoms with Crippen molar-refractivity contribution >= 4 is 28.8 Å². The van der Waals surface area contributed by atoms with E-state index in [-0.39, 0.29) is 11.4 Å². The summed E-state index contributed by atoms with van der Waals surface area (Å²) in [5.41, 5.74) is -0.156. The average molecular weight is 392 g/mol. The van der Waals surface area contributed by atoms with Crippen LogP contribution in [0, 0.1) is 12.7 Å². The summed E-state index contributed by atoms with van der Waals surface area (Å²) in [6, 6.07) is 10.9. The Morgan fingerprint density at radius 3 is 2.69 bits per heavy atom. The summed E-state index contributed by atoms with van der Waals surface area (Å²) in [7, 11) is 1.57. The Bertz CT molecular complexity index is 1030. The van der Waals surface area contributed by atoms with E-state index in [1.807, 2.05) is 6.07 Å². The highest BCUT2D eigenvalue weighted by Crippen LogP contribution is 2.22. The van der Waals surface area contributed by atoms with Gasteiger partial charge in [0, 0.05) is 23.7 Å². The third-order valence-corrected chi connectivity index (χ3v) is 4.98. The second kappa shape index (κ2) is 7.39. The predicted octanol–water partition coefficient (Wildman–Crippen LogP) is 3.67. The maximum atomic E-state index is 14.1. The van der Waals surface area contributed by atoms with Gasteiger partial charge in [-0.3, -0.25) is 9.59 Å². The summed E-state index contributed by atoms with van der Waals surface area (Å²) in [6.45, 7) is 1.93. The van der Waals surface area contributed by atoms with Gasteiger partial charge in [-0.05, 0) is 31.2 Å². The smallest absolute Gasteiger partial charge is 0.278 e. The van der Waals surface area contributed by atoms with Gasteiger partial charge in [0.25, 0.3) is 5.91 Å². The Morgan fingerprint density at radius 2 is 2.04 bits per heavy atom. The van der Waals surface area contributed by atoms with E-state index < -0.39 is 17.2 Å². The lowest BCUT2D eigenvalue weighted by Gasteiger charge is -2.17. The Hall–Kier alpha value is -2.51. The molecule has 0 atom stereocenters. The molecule has 8 heteroatoms. The quantitative estimate of drug-likeness (QED) is 0.682. The van der Waals surface area contributed by atoms with Crippen LogP contribution in [-0.2, 0) is 6.54 Å². The first-order chi connectivity index (χ1) is 12.4. The number of benzene rings is 1. The maximum Gasteiger partial charge on any atom is 0.278 e. The number of aromatic nitrogens is 2. The third-order valence-electron chi connectivity index (χ3n) is 3.76. The number of aryl methyl sites for hydroxylation is 1. The summed E-state index contributed by atoms with van der Waals surface area (Å²) < 4.78 is 16.0.